The lowest BCUT2D eigenvalue weighted by Crippen LogP contribution is -2.31. The molecule has 0 aromatic heterocycles. The van der Waals surface area contributed by atoms with E-state index in [4.69, 9.17) is 0 Å². The first-order valence-corrected chi connectivity index (χ1v) is 10.0. The average Bonchev–Trinajstić information content (AvgIpc) is 2.42. The van der Waals surface area contributed by atoms with Gasteiger partial charge in [-0.1, -0.05) is 71.1 Å². The van der Waals surface area contributed by atoms with Crippen LogP contribution in [0.3, 0.4) is 0 Å². The predicted octanol–water partition coefficient (Wildman–Crippen LogP) is 4.85. The summed E-state index contributed by atoms with van der Waals surface area (Å²) < 4.78 is 2.80. The topological polar surface area (TPSA) is 3.24 Å². The smallest absolute Gasteiger partial charge is 0.122 e. The van der Waals surface area contributed by atoms with E-state index in [1.165, 1.54) is 70.9 Å². The zero-order chi connectivity index (χ0) is 14.3. The fraction of sp³-hybridized carbons (Fsp3) is 0.882. The zero-order valence-corrected chi connectivity index (χ0v) is 15.4. The Morgan fingerprint density at radius 3 is 2.11 bits per heavy atom. The molecule has 0 amide bonds. The number of nitrogens with zero attached hydrogens (tertiary/aromatic N) is 1. The van der Waals surface area contributed by atoms with Gasteiger partial charge >= 0.3 is 0 Å². The summed E-state index contributed by atoms with van der Waals surface area (Å²) in [5.74, 6) is 0. The molecule has 0 spiro atoms. The van der Waals surface area contributed by atoms with Crippen molar-refractivity contribution >= 4 is 9.68 Å². The molecule has 2 heteroatoms. The molecule has 0 aliphatic carbocycles. The zero-order valence-electron chi connectivity index (χ0n) is 14.0. The summed E-state index contributed by atoms with van der Waals surface area (Å²) >= 11 is 0. The maximum Gasteiger partial charge on any atom is 0.122 e. The largest absolute Gasteiger partial charge is 0.325 e. The Morgan fingerprint density at radius 1 is 0.842 bits per heavy atom. The Kier molecular flexibility index (Phi) is 14.3. The van der Waals surface area contributed by atoms with Crippen molar-refractivity contribution in [1.29, 1.82) is 0 Å². The highest BCUT2D eigenvalue weighted by atomic mass is 28.2. The van der Waals surface area contributed by atoms with Gasteiger partial charge < -0.3 is 4.57 Å². The van der Waals surface area contributed by atoms with Gasteiger partial charge in [0, 0.05) is 0 Å². The first-order chi connectivity index (χ1) is 9.28. The van der Waals surface area contributed by atoms with E-state index in [1.54, 1.807) is 0 Å². The van der Waals surface area contributed by atoms with Gasteiger partial charge in [0.1, 0.15) is 9.68 Å². The van der Waals surface area contributed by atoms with E-state index in [-0.39, 0.29) is 9.68 Å². The third-order valence-corrected chi connectivity index (χ3v) is 5.76. The average molecular weight is 284 g/mol. The number of rotatable bonds is 13. The molecule has 114 valence electrons. The van der Waals surface area contributed by atoms with E-state index in [2.05, 4.69) is 38.3 Å². The summed E-state index contributed by atoms with van der Waals surface area (Å²) in [6, 6.07) is 0. The van der Waals surface area contributed by atoms with Crippen LogP contribution in [0.1, 0.15) is 85.5 Å². The number of hydrogen-bond acceptors (Lipinski definition) is 1. The molecular formula is C17H37NSi. The van der Waals surface area contributed by atoms with Gasteiger partial charge in [-0.05, 0) is 38.8 Å². The van der Waals surface area contributed by atoms with Crippen LogP contribution < -0.4 is 0 Å². The van der Waals surface area contributed by atoms with E-state index in [0.29, 0.717) is 0 Å². The second-order valence-electron chi connectivity index (χ2n) is 5.74. The highest BCUT2D eigenvalue weighted by Crippen LogP contribution is 2.11. The fourth-order valence-corrected chi connectivity index (χ4v) is 4.59. The molecular weight excluding hydrogens is 246 g/mol. The molecule has 0 fully saturated rings. The van der Waals surface area contributed by atoms with Gasteiger partial charge in [0.25, 0.3) is 0 Å². The summed E-state index contributed by atoms with van der Waals surface area (Å²) in [5.41, 5.74) is 0. The second kappa shape index (κ2) is 14.3. The third-order valence-electron chi connectivity index (χ3n) is 3.64. The quantitative estimate of drug-likeness (QED) is 0.345. The highest BCUT2D eigenvalue weighted by molar-refractivity contribution is 6.42. The van der Waals surface area contributed by atoms with Crippen molar-refractivity contribution in [2.75, 3.05) is 13.1 Å². The lowest BCUT2D eigenvalue weighted by atomic mass is 10.2. The molecule has 0 aliphatic rings. The molecule has 0 N–H and O–H groups in total. The SMILES string of the molecule is CCCCC=C(CCCC)[SiH2]N(CCC)CCCC. The molecule has 0 heterocycles. The molecule has 0 aliphatic heterocycles. The van der Waals surface area contributed by atoms with E-state index in [1.807, 2.05) is 5.20 Å². The van der Waals surface area contributed by atoms with E-state index >= 15 is 0 Å². The Bertz CT molecular complexity index is 213. The van der Waals surface area contributed by atoms with E-state index < -0.39 is 0 Å². The summed E-state index contributed by atoms with van der Waals surface area (Å²) in [6.45, 7) is 11.9. The first kappa shape index (κ1) is 18.9. The molecule has 19 heavy (non-hydrogen) atoms. The van der Waals surface area contributed by atoms with Crippen LogP contribution in [0.25, 0.3) is 0 Å². The Hall–Kier alpha value is -0.0831. The Labute approximate surface area is 124 Å². The van der Waals surface area contributed by atoms with Crippen molar-refractivity contribution in [1.82, 2.24) is 4.57 Å². The molecule has 0 aromatic carbocycles. The first-order valence-electron chi connectivity index (χ1n) is 8.68. The summed E-state index contributed by atoms with van der Waals surface area (Å²) in [6.07, 6.45) is 14.7. The van der Waals surface area contributed by atoms with Crippen molar-refractivity contribution < 1.29 is 0 Å². The van der Waals surface area contributed by atoms with Gasteiger partial charge in [0.2, 0.25) is 0 Å². The molecule has 0 saturated carbocycles. The number of allylic oxidation sites excluding steroid dienone is 2. The van der Waals surface area contributed by atoms with Crippen molar-refractivity contribution in [3.8, 4) is 0 Å². The van der Waals surface area contributed by atoms with Crippen LogP contribution >= 0.6 is 0 Å². The molecule has 0 unspecified atom stereocenters. The van der Waals surface area contributed by atoms with Crippen LogP contribution in [0.15, 0.2) is 11.3 Å². The van der Waals surface area contributed by atoms with Crippen LogP contribution in [0, 0.1) is 0 Å². The van der Waals surface area contributed by atoms with Gasteiger partial charge in [-0.15, -0.1) is 0 Å². The fourth-order valence-electron chi connectivity index (χ4n) is 2.41. The van der Waals surface area contributed by atoms with Crippen molar-refractivity contribution in [3.05, 3.63) is 11.3 Å². The van der Waals surface area contributed by atoms with Crippen molar-refractivity contribution in [2.24, 2.45) is 0 Å². The minimum atomic E-state index is -0.146. The van der Waals surface area contributed by atoms with Gasteiger partial charge in [-0.25, -0.2) is 0 Å². The van der Waals surface area contributed by atoms with E-state index in [0.717, 1.165) is 0 Å². The summed E-state index contributed by atoms with van der Waals surface area (Å²) in [4.78, 5) is 0. The minimum absolute atomic E-state index is 0.146. The van der Waals surface area contributed by atoms with Crippen molar-refractivity contribution in [2.45, 2.75) is 85.5 Å². The summed E-state index contributed by atoms with van der Waals surface area (Å²) in [5, 5.41) is 1.83. The van der Waals surface area contributed by atoms with Crippen LogP contribution in [0.2, 0.25) is 0 Å². The molecule has 0 aromatic rings. The van der Waals surface area contributed by atoms with Crippen LogP contribution in [-0.2, 0) is 0 Å². The van der Waals surface area contributed by atoms with Crippen LogP contribution in [-0.4, -0.2) is 27.3 Å². The molecule has 0 bridgehead atoms. The molecule has 0 radical (unpaired) electrons. The monoisotopic (exact) mass is 283 g/mol. The maximum atomic E-state index is 2.80. The van der Waals surface area contributed by atoms with Crippen LogP contribution in [0.5, 0.6) is 0 Å². The summed E-state index contributed by atoms with van der Waals surface area (Å²) in [7, 11) is -0.146. The van der Waals surface area contributed by atoms with Gasteiger partial charge in [0.05, 0.1) is 0 Å². The van der Waals surface area contributed by atoms with Gasteiger partial charge in [-0.2, -0.15) is 0 Å². The molecule has 1 nitrogen and oxygen atoms in total. The van der Waals surface area contributed by atoms with Crippen LogP contribution in [0.4, 0.5) is 0 Å². The predicted molar refractivity (Wildman–Crippen MR) is 92.4 cm³/mol. The maximum absolute atomic E-state index is 2.80. The lowest BCUT2D eigenvalue weighted by Gasteiger charge is -2.23. The normalized spacial score (nSPS) is 13.0. The number of hydrogen-bond donors (Lipinski definition) is 0. The Balaban J connectivity index is 4.31. The Morgan fingerprint density at radius 2 is 1.53 bits per heavy atom. The standard InChI is InChI=1S/C17H37NSi/c1-5-9-12-14-17(13-10-6-2)19-18(15-8-4)16-11-7-3/h14H,5-13,15-16,19H2,1-4H3. The van der Waals surface area contributed by atoms with Crippen molar-refractivity contribution in [3.63, 3.8) is 0 Å². The molecule has 0 atom stereocenters. The number of unbranched alkanes of at least 4 members (excludes halogenated alkanes) is 4. The van der Waals surface area contributed by atoms with E-state index in [9.17, 15) is 0 Å². The highest BCUT2D eigenvalue weighted by Gasteiger charge is 2.07. The lowest BCUT2D eigenvalue weighted by molar-refractivity contribution is 0.431. The molecule has 0 saturated heterocycles. The van der Waals surface area contributed by atoms with Gasteiger partial charge in [-0.3, -0.25) is 0 Å². The molecule has 0 rings (SSSR count). The second-order valence-corrected chi connectivity index (χ2v) is 7.86. The third kappa shape index (κ3) is 11.4. The van der Waals surface area contributed by atoms with Gasteiger partial charge in [0.15, 0.2) is 0 Å². The minimum Gasteiger partial charge on any atom is -0.325 e.